The first-order chi connectivity index (χ1) is 7.67. The topological polar surface area (TPSA) is 49.6 Å². The minimum atomic E-state index is 0. The summed E-state index contributed by atoms with van der Waals surface area (Å²) < 4.78 is 0. The molecule has 1 atom stereocenters. The van der Waals surface area contributed by atoms with Gasteiger partial charge in [0.05, 0.1) is 6.54 Å². The lowest BCUT2D eigenvalue weighted by Gasteiger charge is -2.23. The molecule has 0 radical (unpaired) electrons. The van der Waals surface area contributed by atoms with E-state index < -0.39 is 0 Å². The Hall–Kier alpha value is -0.840. The first-order valence-electron chi connectivity index (χ1n) is 5.65. The third kappa shape index (κ3) is 5.35. The number of carbonyl (C=O) groups is 1. The van der Waals surface area contributed by atoms with E-state index in [1.165, 1.54) is 0 Å². The van der Waals surface area contributed by atoms with Crippen molar-refractivity contribution in [2.24, 2.45) is 5.73 Å². The predicted molar refractivity (Wildman–Crippen MR) is 73.3 cm³/mol. The van der Waals surface area contributed by atoms with Gasteiger partial charge >= 0.3 is 0 Å². The third-order valence-corrected chi connectivity index (χ3v) is 2.72. The summed E-state index contributed by atoms with van der Waals surface area (Å²) in [5.74, 6) is 0.119. The van der Waals surface area contributed by atoms with Crippen molar-refractivity contribution in [2.75, 3.05) is 32.7 Å². The zero-order valence-electron chi connectivity index (χ0n) is 10.2. The molecule has 1 heterocycles. The van der Waals surface area contributed by atoms with Gasteiger partial charge in [-0.25, -0.2) is 0 Å². The minimum Gasteiger partial charge on any atom is -0.334 e. The van der Waals surface area contributed by atoms with E-state index in [1.54, 1.807) is 17.1 Å². The lowest BCUT2D eigenvalue weighted by Crippen LogP contribution is -2.40. The Kier molecular flexibility index (Phi) is 7.87. The number of nitrogens with two attached hydrogens (primary N) is 1. The molecule has 0 aromatic rings. The minimum absolute atomic E-state index is 0. The van der Waals surface area contributed by atoms with Crippen LogP contribution in [-0.4, -0.2) is 54.5 Å². The first kappa shape index (κ1) is 16.2. The molecule has 0 aromatic heterocycles. The molecular weight excluding hydrogens is 238 g/mol. The van der Waals surface area contributed by atoms with E-state index in [2.05, 4.69) is 18.1 Å². The van der Waals surface area contributed by atoms with Crippen molar-refractivity contribution in [3.05, 3.63) is 25.3 Å². The summed E-state index contributed by atoms with van der Waals surface area (Å²) in [7, 11) is 0. The highest BCUT2D eigenvalue weighted by Crippen LogP contribution is 2.07. The SMILES string of the molecule is C=CCN(CC=C)C(=O)CN1CC[C@H](N)C1.Cl. The van der Waals surface area contributed by atoms with Gasteiger partial charge in [-0.3, -0.25) is 9.69 Å². The lowest BCUT2D eigenvalue weighted by molar-refractivity contribution is -0.131. The number of hydrogen-bond acceptors (Lipinski definition) is 3. The van der Waals surface area contributed by atoms with Crippen molar-refractivity contribution in [1.29, 1.82) is 0 Å². The molecule has 0 spiro atoms. The van der Waals surface area contributed by atoms with E-state index in [9.17, 15) is 4.79 Å². The van der Waals surface area contributed by atoms with Crippen LogP contribution in [-0.2, 0) is 4.79 Å². The molecule has 0 aliphatic carbocycles. The molecule has 98 valence electrons. The fraction of sp³-hybridized carbons (Fsp3) is 0.583. The third-order valence-electron chi connectivity index (χ3n) is 2.72. The van der Waals surface area contributed by atoms with E-state index in [4.69, 9.17) is 5.73 Å². The number of amides is 1. The Morgan fingerprint density at radius 2 is 2.00 bits per heavy atom. The van der Waals surface area contributed by atoms with Gasteiger partial charge in [-0.05, 0) is 6.42 Å². The van der Waals surface area contributed by atoms with Crippen molar-refractivity contribution in [3.8, 4) is 0 Å². The lowest BCUT2D eigenvalue weighted by atomic mass is 10.3. The number of halogens is 1. The zero-order chi connectivity index (χ0) is 12.0. The average molecular weight is 260 g/mol. The average Bonchev–Trinajstić information content (AvgIpc) is 2.63. The Morgan fingerprint density at radius 1 is 1.41 bits per heavy atom. The largest absolute Gasteiger partial charge is 0.334 e. The van der Waals surface area contributed by atoms with E-state index in [0.29, 0.717) is 19.6 Å². The molecule has 2 N–H and O–H groups in total. The molecule has 1 amide bonds. The molecule has 5 heteroatoms. The van der Waals surface area contributed by atoms with Gasteiger partial charge in [0.2, 0.25) is 5.91 Å². The van der Waals surface area contributed by atoms with E-state index in [1.807, 2.05) is 0 Å². The van der Waals surface area contributed by atoms with Gasteiger partial charge in [-0.1, -0.05) is 12.2 Å². The number of likely N-dealkylation sites (tertiary alicyclic amines) is 1. The molecule has 1 aliphatic rings. The van der Waals surface area contributed by atoms with Crippen molar-refractivity contribution < 1.29 is 4.79 Å². The van der Waals surface area contributed by atoms with E-state index in [0.717, 1.165) is 19.5 Å². The molecule has 4 nitrogen and oxygen atoms in total. The fourth-order valence-corrected chi connectivity index (χ4v) is 1.89. The fourth-order valence-electron chi connectivity index (χ4n) is 1.89. The van der Waals surface area contributed by atoms with Crippen LogP contribution in [0.3, 0.4) is 0 Å². The molecule has 0 aromatic carbocycles. The molecule has 0 bridgehead atoms. The Morgan fingerprint density at radius 3 is 2.41 bits per heavy atom. The maximum atomic E-state index is 11.9. The van der Waals surface area contributed by atoms with Gasteiger partial charge < -0.3 is 10.6 Å². The van der Waals surface area contributed by atoms with Crippen molar-refractivity contribution >= 4 is 18.3 Å². The van der Waals surface area contributed by atoms with Gasteiger partial charge in [0.25, 0.3) is 0 Å². The van der Waals surface area contributed by atoms with Gasteiger partial charge in [0, 0.05) is 32.2 Å². The normalized spacial score (nSPS) is 19.5. The molecule has 1 rings (SSSR count). The summed E-state index contributed by atoms with van der Waals surface area (Å²) in [5, 5.41) is 0. The van der Waals surface area contributed by atoms with Crippen LogP contribution >= 0.6 is 12.4 Å². The van der Waals surface area contributed by atoms with Crippen LogP contribution in [0.4, 0.5) is 0 Å². The van der Waals surface area contributed by atoms with E-state index in [-0.39, 0.29) is 24.4 Å². The van der Waals surface area contributed by atoms with Gasteiger partial charge in [0.15, 0.2) is 0 Å². The second-order valence-corrected chi connectivity index (χ2v) is 4.16. The molecule has 1 aliphatic heterocycles. The monoisotopic (exact) mass is 259 g/mol. The Bertz CT molecular complexity index is 260. The smallest absolute Gasteiger partial charge is 0.237 e. The first-order valence-corrected chi connectivity index (χ1v) is 5.65. The highest BCUT2D eigenvalue weighted by molar-refractivity contribution is 5.85. The summed E-state index contributed by atoms with van der Waals surface area (Å²) in [6, 6.07) is 0.222. The van der Waals surface area contributed by atoms with Gasteiger partial charge in [0.1, 0.15) is 0 Å². The maximum absolute atomic E-state index is 11.9. The molecule has 0 saturated carbocycles. The van der Waals surface area contributed by atoms with Crippen LogP contribution in [0.2, 0.25) is 0 Å². The molecule has 17 heavy (non-hydrogen) atoms. The quantitative estimate of drug-likeness (QED) is 0.713. The van der Waals surface area contributed by atoms with Crippen LogP contribution in [0.15, 0.2) is 25.3 Å². The second kappa shape index (κ2) is 8.28. The summed E-state index contributed by atoms with van der Waals surface area (Å²) in [4.78, 5) is 15.8. The molecule has 1 fully saturated rings. The Labute approximate surface area is 110 Å². The van der Waals surface area contributed by atoms with Gasteiger partial charge in [-0.2, -0.15) is 0 Å². The van der Waals surface area contributed by atoms with Crippen molar-refractivity contribution in [3.63, 3.8) is 0 Å². The highest BCUT2D eigenvalue weighted by Gasteiger charge is 2.22. The van der Waals surface area contributed by atoms with Crippen LogP contribution in [0.25, 0.3) is 0 Å². The Balaban J connectivity index is 0.00000256. The van der Waals surface area contributed by atoms with E-state index >= 15 is 0 Å². The van der Waals surface area contributed by atoms with Crippen LogP contribution in [0.1, 0.15) is 6.42 Å². The summed E-state index contributed by atoms with van der Waals surface area (Å²) in [5.41, 5.74) is 5.80. The standard InChI is InChI=1S/C12H21N3O.ClH/c1-3-6-15(7-4-2)12(16)10-14-8-5-11(13)9-14;/h3-4,11H,1-2,5-10,13H2;1H/t11-;/m0./s1. The number of nitrogens with zero attached hydrogens (tertiary/aromatic N) is 2. The highest BCUT2D eigenvalue weighted by atomic mass is 35.5. The van der Waals surface area contributed by atoms with Crippen molar-refractivity contribution in [1.82, 2.24) is 9.80 Å². The summed E-state index contributed by atoms with van der Waals surface area (Å²) in [6.45, 7) is 10.6. The number of rotatable bonds is 6. The zero-order valence-corrected chi connectivity index (χ0v) is 11.0. The van der Waals surface area contributed by atoms with Crippen LogP contribution in [0, 0.1) is 0 Å². The van der Waals surface area contributed by atoms with Crippen molar-refractivity contribution in [2.45, 2.75) is 12.5 Å². The van der Waals surface area contributed by atoms with Crippen LogP contribution < -0.4 is 5.73 Å². The molecule has 1 saturated heterocycles. The summed E-state index contributed by atoms with van der Waals surface area (Å²) >= 11 is 0. The summed E-state index contributed by atoms with van der Waals surface area (Å²) in [6.07, 6.45) is 4.45. The maximum Gasteiger partial charge on any atom is 0.237 e. The molecular formula is C12H22ClN3O. The second-order valence-electron chi connectivity index (χ2n) is 4.16. The predicted octanol–water partition coefficient (Wildman–Crippen LogP) is 0.642. The van der Waals surface area contributed by atoms with Gasteiger partial charge in [-0.15, -0.1) is 25.6 Å². The molecule has 0 unspecified atom stereocenters. The number of hydrogen-bond donors (Lipinski definition) is 1. The van der Waals surface area contributed by atoms with Crippen LogP contribution in [0.5, 0.6) is 0 Å². The number of carbonyl (C=O) groups excluding carboxylic acids is 1.